The van der Waals surface area contributed by atoms with Gasteiger partial charge in [-0.05, 0) is 12.2 Å². The lowest BCUT2D eigenvalue weighted by molar-refractivity contribution is 0.197. The Labute approximate surface area is 41.4 Å². The highest BCUT2D eigenvalue weighted by atomic mass is 16.3. The number of aliphatic hydroxyl groups excluding tert-OH is 2. The van der Waals surface area contributed by atoms with E-state index in [0.717, 1.165) is 0 Å². The first-order chi connectivity index (χ1) is 3.30. The zero-order valence-electron chi connectivity index (χ0n) is 3.70. The van der Waals surface area contributed by atoms with E-state index in [0.29, 0.717) is 0 Å². The number of aliphatic hydroxyl groups is 2. The molecule has 2 nitrogen and oxygen atoms in total. The van der Waals surface area contributed by atoms with Crippen molar-refractivity contribution in [3.05, 3.63) is 24.0 Å². The van der Waals surface area contributed by atoms with Crippen molar-refractivity contribution in [2.24, 2.45) is 0 Å². The van der Waals surface area contributed by atoms with Gasteiger partial charge in [0.1, 0.15) is 11.9 Å². The van der Waals surface area contributed by atoms with Crippen molar-refractivity contribution >= 4 is 0 Å². The predicted octanol–water partition coefficient (Wildman–Crippen LogP) is 0.359. The van der Waals surface area contributed by atoms with Crippen molar-refractivity contribution in [1.29, 1.82) is 0 Å². The van der Waals surface area contributed by atoms with Gasteiger partial charge >= 0.3 is 0 Å². The van der Waals surface area contributed by atoms with E-state index in [1.165, 1.54) is 12.2 Å². The van der Waals surface area contributed by atoms with Crippen LogP contribution in [0.1, 0.15) is 0 Å². The van der Waals surface area contributed by atoms with E-state index in [2.05, 4.69) is 0 Å². The lowest BCUT2D eigenvalue weighted by Crippen LogP contribution is -2.00. The molecule has 0 bridgehead atoms. The van der Waals surface area contributed by atoms with Crippen LogP contribution in [0.5, 0.6) is 0 Å². The Bertz CT molecular complexity index is 124. The predicted molar refractivity (Wildman–Crippen MR) is 25.9 cm³/mol. The van der Waals surface area contributed by atoms with Crippen molar-refractivity contribution < 1.29 is 10.2 Å². The molecule has 1 aliphatic rings. The molecule has 0 aromatic carbocycles. The van der Waals surface area contributed by atoms with Gasteiger partial charge < -0.3 is 10.2 Å². The summed E-state index contributed by atoms with van der Waals surface area (Å²) >= 11 is 0. The third-order valence-corrected chi connectivity index (χ3v) is 0.863. The minimum atomic E-state index is -0.750. The van der Waals surface area contributed by atoms with Crippen LogP contribution in [0.2, 0.25) is 0 Å². The summed E-state index contributed by atoms with van der Waals surface area (Å²) in [7, 11) is 0. The Morgan fingerprint density at radius 1 is 1.57 bits per heavy atom. The van der Waals surface area contributed by atoms with Gasteiger partial charge in [-0.25, -0.2) is 0 Å². The Balaban J connectivity index is 2.69. The van der Waals surface area contributed by atoms with Crippen molar-refractivity contribution in [2.45, 2.75) is 6.10 Å². The van der Waals surface area contributed by atoms with Crippen LogP contribution in [0.15, 0.2) is 24.0 Å². The highest BCUT2D eigenvalue weighted by Crippen LogP contribution is 2.05. The Hall–Kier alpha value is -0.760. The third kappa shape index (κ3) is 0.644. The fourth-order valence-corrected chi connectivity index (χ4v) is 0.457. The van der Waals surface area contributed by atoms with E-state index in [9.17, 15) is 0 Å². The zero-order chi connectivity index (χ0) is 5.28. The summed E-state index contributed by atoms with van der Waals surface area (Å²) in [4.78, 5) is 0. The molecule has 1 unspecified atom stereocenters. The van der Waals surface area contributed by atoms with Gasteiger partial charge in [-0.3, -0.25) is 0 Å². The molecule has 0 radical (unpaired) electrons. The van der Waals surface area contributed by atoms with E-state index in [-0.39, 0.29) is 5.76 Å². The minimum absolute atomic E-state index is 0.0278. The molecule has 0 aromatic heterocycles. The van der Waals surface area contributed by atoms with E-state index in [4.69, 9.17) is 10.2 Å². The van der Waals surface area contributed by atoms with Crippen LogP contribution in [-0.4, -0.2) is 16.3 Å². The maximum Gasteiger partial charge on any atom is 0.129 e. The van der Waals surface area contributed by atoms with Crippen molar-refractivity contribution in [1.82, 2.24) is 0 Å². The molecule has 1 atom stereocenters. The first-order valence-electron chi connectivity index (χ1n) is 2.06. The van der Waals surface area contributed by atoms with Gasteiger partial charge in [0, 0.05) is 0 Å². The van der Waals surface area contributed by atoms with Gasteiger partial charge in [0.05, 0.1) is 0 Å². The van der Waals surface area contributed by atoms with E-state index in [1.807, 2.05) is 0 Å². The summed E-state index contributed by atoms with van der Waals surface area (Å²) in [5.41, 5.74) is 0. The van der Waals surface area contributed by atoms with E-state index >= 15 is 0 Å². The third-order valence-electron chi connectivity index (χ3n) is 0.863. The standard InChI is InChI=1S/C5H6O2/c6-4-2-1-3-5(4)7/h1-4,6-7H. The monoisotopic (exact) mass is 98.0 g/mol. The molecule has 0 amide bonds. The number of allylic oxidation sites excluding steroid dienone is 2. The molecule has 0 heterocycles. The maximum atomic E-state index is 8.59. The summed E-state index contributed by atoms with van der Waals surface area (Å²) in [6, 6.07) is 0. The number of hydrogen-bond donors (Lipinski definition) is 2. The van der Waals surface area contributed by atoms with Crippen molar-refractivity contribution in [2.75, 3.05) is 0 Å². The Morgan fingerprint density at radius 2 is 2.29 bits per heavy atom. The molecular weight excluding hydrogens is 92.1 g/mol. The molecule has 7 heavy (non-hydrogen) atoms. The van der Waals surface area contributed by atoms with Gasteiger partial charge in [-0.2, -0.15) is 0 Å². The fraction of sp³-hybridized carbons (Fsp3) is 0.200. The van der Waals surface area contributed by atoms with E-state index < -0.39 is 6.10 Å². The van der Waals surface area contributed by atoms with Crippen molar-refractivity contribution in [3.63, 3.8) is 0 Å². The largest absolute Gasteiger partial charge is 0.509 e. The van der Waals surface area contributed by atoms with Crippen LogP contribution in [0.4, 0.5) is 0 Å². The fourth-order valence-electron chi connectivity index (χ4n) is 0.457. The second kappa shape index (κ2) is 1.39. The number of hydrogen-bond acceptors (Lipinski definition) is 2. The topological polar surface area (TPSA) is 40.5 Å². The molecule has 2 N–H and O–H groups in total. The lowest BCUT2D eigenvalue weighted by atomic mass is 10.4. The second-order valence-corrected chi connectivity index (χ2v) is 1.42. The summed E-state index contributed by atoms with van der Waals surface area (Å²) in [6.45, 7) is 0. The molecule has 0 saturated carbocycles. The summed E-state index contributed by atoms with van der Waals surface area (Å²) in [5, 5.41) is 17.1. The minimum Gasteiger partial charge on any atom is -0.509 e. The average molecular weight is 98.1 g/mol. The number of rotatable bonds is 0. The summed E-state index contributed by atoms with van der Waals surface area (Å²) < 4.78 is 0. The SMILES string of the molecule is OC1=CC=CC1O. The highest BCUT2D eigenvalue weighted by Gasteiger charge is 2.06. The van der Waals surface area contributed by atoms with Gasteiger partial charge in [0.15, 0.2) is 0 Å². The highest BCUT2D eigenvalue weighted by molar-refractivity contribution is 5.23. The van der Waals surface area contributed by atoms with Crippen LogP contribution in [0.3, 0.4) is 0 Å². The van der Waals surface area contributed by atoms with E-state index in [1.54, 1.807) is 6.08 Å². The maximum absolute atomic E-state index is 8.59. The van der Waals surface area contributed by atoms with Crippen LogP contribution in [0, 0.1) is 0 Å². The van der Waals surface area contributed by atoms with Gasteiger partial charge in [0.2, 0.25) is 0 Å². The Kier molecular flexibility index (Phi) is 0.872. The molecule has 1 aliphatic carbocycles. The molecule has 38 valence electrons. The molecule has 0 aliphatic heterocycles. The molecule has 0 aromatic rings. The first-order valence-corrected chi connectivity index (χ1v) is 2.06. The molecule has 0 spiro atoms. The van der Waals surface area contributed by atoms with Crippen LogP contribution in [0.25, 0.3) is 0 Å². The van der Waals surface area contributed by atoms with Gasteiger partial charge in [-0.1, -0.05) is 6.08 Å². The molecule has 1 rings (SSSR count). The average Bonchev–Trinajstić information content (AvgIpc) is 1.91. The van der Waals surface area contributed by atoms with Crippen LogP contribution < -0.4 is 0 Å². The second-order valence-electron chi connectivity index (χ2n) is 1.42. The molecule has 0 saturated heterocycles. The van der Waals surface area contributed by atoms with Gasteiger partial charge in [0.25, 0.3) is 0 Å². The molecular formula is C5H6O2. The smallest absolute Gasteiger partial charge is 0.129 e. The summed E-state index contributed by atoms with van der Waals surface area (Å²) in [6.07, 6.45) is 3.83. The van der Waals surface area contributed by atoms with Crippen molar-refractivity contribution in [3.8, 4) is 0 Å². The quantitative estimate of drug-likeness (QED) is 0.459. The summed E-state index contributed by atoms with van der Waals surface area (Å²) in [5.74, 6) is 0.0278. The van der Waals surface area contributed by atoms with Crippen LogP contribution >= 0.6 is 0 Å². The molecule has 2 heteroatoms. The van der Waals surface area contributed by atoms with Crippen LogP contribution in [-0.2, 0) is 0 Å². The van der Waals surface area contributed by atoms with Gasteiger partial charge in [-0.15, -0.1) is 0 Å². The lowest BCUT2D eigenvalue weighted by Gasteiger charge is -1.94. The Morgan fingerprint density at radius 3 is 2.43 bits per heavy atom. The zero-order valence-corrected chi connectivity index (χ0v) is 3.70. The molecule has 0 fully saturated rings. The normalized spacial score (nSPS) is 28.1. The first kappa shape index (κ1) is 4.40.